The van der Waals surface area contributed by atoms with E-state index in [9.17, 15) is 14.4 Å². The van der Waals surface area contributed by atoms with Gasteiger partial charge in [0.15, 0.2) is 6.61 Å². The van der Waals surface area contributed by atoms with E-state index >= 15 is 0 Å². The van der Waals surface area contributed by atoms with E-state index in [0.29, 0.717) is 25.3 Å². The summed E-state index contributed by atoms with van der Waals surface area (Å²) in [4.78, 5) is 40.4. The summed E-state index contributed by atoms with van der Waals surface area (Å²) in [6, 6.07) is 16.6. The first kappa shape index (κ1) is 24.4. The summed E-state index contributed by atoms with van der Waals surface area (Å²) in [5.74, 6) is -0.980. The van der Waals surface area contributed by atoms with Crippen LogP contribution in [0.4, 0.5) is 0 Å². The number of amides is 2. The second kappa shape index (κ2) is 11.2. The molecule has 2 aromatic rings. The van der Waals surface area contributed by atoms with Crippen molar-refractivity contribution in [3.05, 3.63) is 65.7 Å². The molecule has 0 spiro atoms. The van der Waals surface area contributed by atoms with E-state index in [4.69, 9.17) is 9.47 Å². The van der Waals surface area contributed by atoms with Gasteiger partial charge in [-0.3, -0.25) is 14.4 Å². The van der Waals surface area contributed by atoms with E-state index in [-0.39, 0.29) is 18.2 Å². The molecule has 2 heterocycles. The molecule has 2 atom stereocenters. The van der Waals surface area contributed by atoms with Gasteiger partial charge in [-0.05, 0) is 29.7 Å². The number of benzene rings is 2. The summed E-state index contributed by atoms with van der Waals surface area (Å²) < 4.78 is 10.7. The van der Waals surface area contributed by atoms with Crippen LogP contribution in [0.25, 0.3) is 0 Å². The van der Waals surface area contributed by atoms with Gasteiger partial charge in [0.05, 0.1) is 31.3 Å². The molecule has 0 unspecified atom stereocenters. The lowest BCUT2D eigenvalue weighted by molar-refractivity contribution is -0.156. The van der Waals surface area contributed by atoms with Gasteiger partial charge in [-0.15, -0.1) is 0 Å². The predicted molar refractivity (Wildman–Crippen MR) is 131 cm³/mol. The Morgan fingerprint density at radius 3 is 2.51 bits per heavy atom. The number of hydrogen-bond donors (Lipinski definition) is 0. The number of hydrazone groups is 1. The van der Waals surface area contributed by atoms with Crippen molar-refractivity contribution in [2.45, 2.75) is 38.6 Å². The fourth-order valence-corrected chi connectivity index (χ4v) is 4.59. The smallest absolute Gasteiger partial charge is 0.312 e. The fourth-order valence-electron chi connectivity index (χ4n) is 4.59. The van der Waals surface area contributed by atoms with Crippen LogP contribution >= 0.6 is 0 Å². The van der Waals surface area contributed by atoms with Crippen LogP contribution in [-0.4, -0.2) is 60.2 Å². The number of methoxy groups -OCH3 is 1. The van der Waals surface area contributed by atoms with Crippen molar-refractivity contribution in [3.8, 4) is 5.75 Å². The van der Waals surface area contributed by atoms with Crippen LogP contribution in [0.5, 0.6) is 5.75 Å². The van der Waals surface area contributed by atoms with Crippen LogP contribution in [0.1, 0.15) is 49.8 Å². The highest BCUT2D eigenvalue weighted by atomic mass is 16.5. The monoisotopic (exact) mass is 477 g/mol. The van der Waals surface area contributed by atoms with Gasteiger partial charge in [0.25, 0.3) is 5.91 Å². The summed E-state index contributed by atoms with van der Waals surface area (Å²) in [5.41, 5.74) is 2.65. The minimum atomic E-state index is -0.678. The maximum absolute atomic E-state index is 13.1. The van der Waals surface area contributed by atoms with Crippen molar-refractivity contribution >= 4 is 23.5 Å². The van der Waals surface area contributed by atoms with E-state index in [1.165, 1.54) is 5.01 Å². The van der Waals surface area contributed by atoms with Crippen molar-refractivity contribution in [1.29, 1.82) is 0 Å². The number of likely N-dealkylation sites (tertiary alicyclic amines) is 1. The third-order valence-corrected chi connectivity index (χ3v) is 6.48. The summed E-state index contributed by atoms with van der Waals surface area (Å²) in [7, 11) is 1.59. The Labute approximate surface area is 205 Å². The zero-order chi connectivity index (χ0) is 24.8. The first-order valence-electron chi connectivity index (χ1n) is 12.0. The Kier molecular flexibility index (Phi) is 7.80. The maximum atomic E-state index is 13.1. The summed E-state index contributed by atoms with van der Waals surface area (Å²) in [6.07, 6.45) is 2.49. The number of nitrogens with zero attached hydrogens (tertiary/aromatic N) is 3. The Morgan fingerprint density at radius 2 is 1.83 bits per heavy atom. The molecule has 1 saturated heterocycles. The average molecular weight is 478 g/mol. The van der Waals surface area contributed by atoms with Crippen LogP contribution in [-0.2, 0) is 19.1 Å². The minimum Gasteiger partial charge on any atom is -0.497 e. The molecular weight excluding hydrogens is 446 g/mol. The molecule has 1 fully saturated rings. The summed E-state index contributed by atoms with van der Waals surface area (Å²) in [6.45, 7) is 2.67. The third kappa shape index (κ3) is 5.53. The van der Waals surface area contributed by atoms with Crippen molar-refractivity contribution in [2.75, 3.05) is 26.8 Å². The van der Waals surface area contributed by atoms with Crippen molar-refractivity contribution in [2.24, 2.45) is 11.0 Å². The fraction of sp³-hybridized carbons (Fsp3) is 0.407. The zero-order valence-electron chi connectivity index (χ0n) is 20.2. The molecule has 35 heavy (non-hydrogen) atoms. The van der Waals surface area contributed by atoms with E-state index in [1.54, 1.807) is 12.0 Å². The van der Waals surface area contributed by atoms with Crippen molar-refractivity contribution < 1.29 is 23.9 Å². The molecular formula is C27H31N3O5. The summed E-state index contributed by atoms with van der Waals surface area (Å²) >= 11 is 0. The Hall–Kier alpha value is -3.68. The van der Waals surface area contributed by atoms with Crippen LogP contribution in [0.15, 0.2) is 59.7 Å². The van der Waals surface area contributed by atoms with Crippen LogP contribution in [0.2, 0.25) is 0 Å². The summed E-state index contributed by atoms with van der Waals surface area (Å²) in [5, 5.41) is 5.76. The SMILES string of the molecule is CCCCN1C(=O)C[C@H](C(=O)OCC(=O)N2CCC(c3ccccc3)=N2)[C@H]1c1ccc(OC)cc1. The van der Waals surface area contributed by atoms with Crippen molar-refractivity contribution in [1.82, 2.24) is 9.91 Å². The molecule has 2 aromatic carbocycles. The van der Waals surface area contributed by atoms with Gasteiger partial charge in [-0.1, -0.05) is 55.8 Å². The third-order valence-electron chi connectivity index (χ3n) is 6.48. The maximum Gasteiger partial charge on any atom is 0.312 e. The molecule has 0 aromatic heterocycles. The molecule has 8 nitrogen and oxygen atoms in total. The number of rotatable bonds is 9. The van der Waals surface area contributed by atoms with Gasteiger partial charge in [0, 0.05) is 19.4 Å². The van der Waals surface area contributed by atoms with Gasteiger partial charge in [0.1, 0.15) is 5.75 Å². The molecule has 8 heteroatoms. The zero-order valence-corrected chi connectivity index (χ0v) is 20.2. The van der Waals surface area contributed by atoms with Gasteiger partial charge in [0.2, 0.25) is 5.91 Å². The molecule has 0 aliphatic carbocycles. The van der Waals surface area contributed by atoms with Gasteiger partial charge in [-0.2, -0.15) is 5.10 Å². The van der Waals surface area contributed by atoms with E-state index in [1.807, 2.05) is 54.6 Å². The molecule has 2 aliphatic rings. The van der Waals surface area contributed by atoms with Crippen LogP contribution in [0, 0.1) is 5.92 Å². The molecule has 4 rings (SSSR count). The number of carbonyl (C=O) groups is 3. The Bertz CT molecular complexity index is 1080. The first-order chi connectivity index (χ1) is 17.0. The second-order valence-corrected chi connectivity index (χ2v) is 8.76. The minimum absolute atomic E-state index is 0.0630. The molecule has 2 amide bonds. The largest absolute Gasteiger partial charge is 0.497 e. The van der Waals surface area contributed by atoms with Crippen LogP contribution in [0.3, 0.4) is 0 Å². The molecule has 0 N–H and O–H groups in total. The number of unbranched alkanes of at least 4 members (excludes halogenated alkanes) is 1. The Balaban J connectivity index is 1.43. The molecule has 0 saturated carbocycles. The quantitative estimate of drug-likeness (QED) is 0.515. The molecule has 0 radical (unpaired) electrons. The number of ether oxygens (including phenoxy) is 2. The van der Waals surface area contributed by atoms with E-state index < -0.39 is 24.5 Å². The molecule has 2 aliphatic heterocycles. The van der Waals surface area contributed by atoms with E-state index in [2.05, 4.69) is 12.0 Å². The molecule has 0 bridgehead atoms. The van der Waals surface area contributed by atoms with Gasteiger partial charge >= 0.3 is 5.97 Å². The lowest BCUT2D eigenvalue weighted by Crippen LogP contribution is -2.33. The standard InChI is InChI=1S/C27H31N3O5/c1-3-4-15-29-24(31)17-22(26(29)20-10-12-21(34-2)13-11-20)27(33)35-18-25(32)30-16-14-23(28-30)19-8-6-5-7-9-19/h5-13,22,26H,3-4,14-18H2,1-2H3/t22-,26+/m0/s1. The lowest BCUT2D eigenvalue weighted by atomic mass is 9.93. The first-order valence-corrected chi connectivity index (χ1v) is 12.0. The highest BCUT2D eigenvalue weighted by Gasteiger charge is 2.45. The molecule has 184 valence electrons. The lowest BCUT2D eigenvalue weighted by Gasteiger charge is -2.28. The van der Waals surface area contributed by atoms with E-state index in [0.717, 1.165) is 29.7 Å². The van der Waals surface area contributed by atoms with Crippen molar-refractivity contribution in [3.63, 3.8) is 0 Å². The predicted octanol–water partition coefficient (Wildman–Crippen LogP) is 3.56. The van der Waals surface area contributed by atoms with Gasteiger partial charge in [-0.25, -0.2) is 5.01 Å². The second-order valence-electron chi connectivity index (χ2n) is 8.76. The highest BCUT2D eigenvalue weighted by molar-refractivity contribution is 6.02. The normalized spacial score (nSPS) is 19.6. The average Bonchev–Trinajstić information content (AvgIpc) is 3.51. The topological polar surface area (TPSA) is 88.5 Å². The highest BCUT2D eigenvalue weighted by Crippen LogP contribution is 2.39. The number of carbonyl (C=O) groups excluding carboxylic acids is 3. The van der Waals surface area contributed by atoms with Gasteiger partial charge < -0.3 is 14.4 Å². The van der Waals surface area contributed by atoms with Crippen LogP contribution < -0.4 is 4.74 Å². The number of hydrogen-bond acceptors (Lipinski definition) is 6. The number of esters is 1. The Morgan fingerprint density at radius 1 is 1.09 bits per heavy atom.